The highest BCUT2D eigenvalue weighted by Gasteiger charge is 2.10. The summed E-state index contributed by atoms with van der Waals surface area (Å²) < 4.78 is 6.38. The Hall–Kier alpha value is -3.48. The van der Waals surface area contributed by atoms with Crippen molar-refractivity contribution < 1.29 is 14.3 Å². The molecular formula is C19H18N4O3. The number of amides is 1. The summed E-state index contributed by atoms with van der Waals surface area (Å²) in [6, 6.07) is 12.9. The Balaban J connectivity index is 1.51. The molecule has 1 aromatic carbocycles. The number of nitrogens with zero attached hydrogens (tertiary/aromatic N) is 3. The first kappa shape index (κ1) is 17.3. The maximum Gasteiger partial charge on any atom is 0.339 e. The maximum absolute atomic E-state index is 12.1. The summed E-state index contributed by atoms with van der Waals surface area (Å²) in [5, 5.41) is 7.00. The summed E-state index contributed by atoms with van der Waals surface area (Å²) in [6.45, 7) is 0.486. The van der Waals surface area contributed by atoms with Gasteiger partial charge in [-0.3, -0.25) is 9.78 Å². The van der Waals surface area contributed by atoms with E-state index in [1.54, 1.807) is 10.9 Å². The molecule has 0 aliphatic rings. The van der Waals surface area contributed by atoms with E-state index in [4.69, 9.17) is 0 Å². The summed E-state index contributed by atoms with van der Waals surface area (Å²) >= 11 is 0. The van der Waals surface area contributed by atoms with Crippen LogP contribution in [0.15, 0.2) is 61.1 Å². The fourth-order valence-corrected chi connectivity index (χ4v) is 2.41. The van der Waals surface area contributed by atoms with Gasteiger partial charge in [0, 0.05) is 25.1 Å². The van der Waals surface area contributed by atoms with E-state index in [9.17, 15) is 9.59 Å². The fraction of sp³-hybridized carbons (Fsp3) is 0.158. The van der Waals surface area contributed by atoms with Gasteiger partial charge in [-0.15, -0.1) is 0 Å². The SMILES string of the molecule is COC(=O)c1ccc(C(=O)NCCc2ccc(-n3cccn3)cc2)nc1. The van der Waals surface area contributed by atoms with Gasteiger partial charge < -0.3 is 10.1 Å². The van der Waals surface area contributed by atoms with Crippen LogP contribution in [-0.4, -0.2) is 40.3 Å². The second kappa shape index (κ2) is 8.06. The van der Waals surface area contributed by atoms with Crippen LogP contribution in [0.25, 0.3) is 5.69 Å². The Bertz CT molecular complexity index is 872. The van der Waals surface area contributed by atoms with E-state index in [-0.39, 0.29) is 11.6 Å². The van der Waals surface area contributed by atoms with Gasteiger partial charge in [0.1, 0.15) is 5.69 Å². The van der Waals surface area contributed by atoms with Crippen molar-refractivity contribution >= 4 is 11.9 Å². The molecule has 0 bridgehead atoms. The molecule has 7 heteroatoms. The monoisotopic (exact) mass is 350 g/mol. The molecule has 26 heavy (non-hydrogen) atoms. The molecule has 132 valence electrons. The van der Waals surface area contributed by atoms with Crippen molar-refractivity contribution in [3.8, 4) is 5.69 Å². The lowest BCUT2D eigenvalue weighted by atomic mass is 10.1. The molecule has 2 aromatic heterocycles. The Labute approximate surface area is 150 Å². The van der Waals surface area contributed by atoms with Gasteiger partial charge in [-0.1, -0.05) is 12.1 Å². The molecule has 7 nitrogen and oxygen atoms in total. The topological polar surface area (TPSA) is 86.1 Å². The standard InChI is InChI=1S/C19H18N4O3/c1-26-19(25)15-5-8-17(21-13-15)18(24)20-11-9-14-3-6-16(7-4-14)23-12-2-10-22-23/h2-8,10,12-13H,9,11H2,1H3,(H,20,24). The van der Waals surface area contributed by atoms with Crippen molar-refractivity contribution in [2.45, 2.75) is 6.42 Å². The number of nitrogens with one attached hydrogen (secondary N) is 1. The summed E-state index contributed by atoms with van der Waals surface area (Å²) in [6.07, 6.45) is 5.64. The van der Waals surface area contributed by atoms with Gasteiger partial charge in [0.05, 0.1) is 18.4 Å². The number of carbonyl (C=O) groups is 2. The van der Waals surface area contributed by atoms with Crippen LogP contribution in [-0.2, 0) is 11.2 Å². The van der Waals surface area contributed by atoms with Crippen LogP contribution in [0.3, 0.4) is 0 Å². The van der Waals surface area contributed by atoms with Crippen LogP contribution in [0.1, 0.15) is 26.4 Å². The van der Waals surface area contributed by atoms with Crippen molar-refractivity contribution in [1.82, 2.24) is 20.1 Å². The van der Waals surface area contributed by atoms with Crippen molar-refractivity contribution in [1.29, 1.82) is 0 Å². The molecular weight excluding hydrogens is 332 g/mol. The van der Waals surface area contributed by atoms with Gasteiger partial charge in [0.25, 0.3) is 5.91 Å². The fourth-order valence-electron chi connectivity index (χ4n) is 2.41. The van der Waals surface area contributed by atoms with Gasteiger partial charge in [-0.25, -0.2) is 9.48 Å². The third-order valence-electron chi connectivity index (χ3n) is 3.82. The van der Waals surface area contributed by atoms with Gasteiger partial charge in [-0.2, -0.15) is 5.10 Å². The lowest BCUT2D eigenvalue weighted by molar-refractivity contribution is 0.0599. The molecule has 1 amide bonds. The zero-order valence-corrected chi connectivity index (χ0v) is 14.3. The lowest BCUT2D eigenvalue weighted by Gasteiger charge is -2.07. The average molecular weight is 350 g/mol. The van der Waals surface area contributed by atoms with E-state index in [1.165, 1.54) is 25.4 Å². The van der Waals surface area contributed by atoms with E-state index in [0.717, 1.165) is 11.3 Å². The van der Waals surface area contributed by atoms with Crippen LogP contribution in [0.2, 0.25) is 0 Å². The second-order valence-corrected chi connectivity index (χ2v) is 5.55. The molecule has 0 aliphatic carbocycles. The third kappa shape index (κ3) is 4.13. The van der Waals surface area contributed by atoms with Crippen molar-refractivity contribution in [3.05, 3.63) is 77.9 Å². The van der Waals surface area contributed by atoms with Crippen LogP contribution in [0.5, 0.6) is 0 Å². The molecule has 0 aliphatic heterocycles. The molecule has 2 heterocycles. The van der Waals surface area contributed by atoms with E-state index >= 15 is 0 Å². The highest BCUT2D eigenvalue weighted by atomic mass is 16.5. The summed E-state index contributed by atoms with van der Waals surface area (Å²) in [5.41, 5.74) is 2.65. The molecule has 0 spiro atoms. The lowest BCUT2D eigenvalue weighted by Crippen LogP contribution is -2.26. The normalized spacial score (nSPS) is 10.3. The van der Waals surface area contributed by atoms with Crippen molar-refractivity contribution in [2.75, 3.05) is 13.7 Å². The van der Waals surface area contributed by atoms with Crippen LogP contribution in [0.4, 0.5) is 0 Å². The van der Waals surface area contributed by atoms with Crippen LogP contribution >= 0.6 is 0 Å². The molecule has 0 unspecified atom stereocenters. The first-order chi connectivity index (χ1) is 12.7. The summed E-state index contributed by atoms with van der Waals surface area (Å²) in [4.78, 5) is 27.4. The maximum atomic E-state index is 12.1. The number of rotatable bonds is 6. The van der Waals surface area contributed by atoms with Gasteiger partial charge in [-0.05, 0) is 42.3 Å². The predicted octanol–water partition coefficient (Wildman–Crippen LogP) is 2.03. The number of aromatic nitrogens is 3. The number of ether oxygens (including phenoxy) is 1. The molecule has 3 rings (SSSR count). The van der Waals surface area contributed by atoms with E-state index in [0.29, 0.717) is 18.5 Å². The third-order valence-corrected chi connectivity index (χ3v) is 3.82. The van der Waals surface area contributed by atoms with Crippen LogP contribution < -0.4 is 5.32 Å². The zero-order valence-electron chi connectivity index (χ0n) is 14.3. The number of methoxy groups -OCH3 is 1. The smallest absolute Gasteiger partial charge is 0.339 e. The first-order valence-corrected chi connectivity index (χ1v) is 8.09. The van der Waals surface area contributed by atoms with Crippen molar-refractivity contribution in [3.63, 3.8) is 0 Å². The second-order valence-electron chi connectivity index (χ2n) is 5.55. The highest BCUT2D eigenvalue weighted by molar-refractivity contribution is 5.94. The molecule has 0 radical (unpaired) electrons. The minimum Gasteiger partial charge on any atom is -0.465 e. The highest BCUT2D eigenvalue weighted by Crippen LogP contribution is 2.09. The number of benzene rings is 1. The van der Waals surface area contributed by atoms with Crippen LogP contribution in [0, 0.1) is 0 Å². The molecule has 0 atom stereocenters. The largest absolute Gasteiger partial charge is 0.465 e. The van der Waals surface area contributed by atoms with E-state index in [1.807, 2.05) is 36.5 Å². The number of esters is 1. The van der Waals surface area contributed by atoms with Gasteiger partial charge in [0.15, 0.2) is 0 Å². The minimum absolute atomic E-state index is 0.256. The van der Waals surface area contributed by atoms with E-state index < -0.39 is 5.97 Å². The first-order valence-electron chi connectivity index (χ1n) is 8.09. The Morgan fingerprint density at radius 2 is 1.96 bits per heavy atom. The zero-order chi connectivity index (χ0) is 18.4. The number of pyridine rings is 1. The molecule has 3 aromatic rings. The molecule has 0 saturated carbocycles. The number of carbonyl (C=O) groups excluding carboxylic acids is 2. The Morgan fingerprint density at radius 3 is 2.58 bits per heavy atom. The predicted molar refractivity (Wildman–Crippen MR) is 95.2 cm³/mol. The molecule has 0 fully saturated rings. The van der Waals surface area contributed by atoms with Gasteiger partial charge in [0.2, 0.25) is 0 Å². The average Bonchev–Trinajstić information content (AvgIpc) is 3.23. The summed E-state index contributed by atoms with van der Waals surface area (Å²) in [7, 11) is 1.30. The Morgan fingerprint density at radius 1 is 1.15 bits per heavy atom. The quantitative estimate of drug-likeness (QED) is 0.688. The number of hydrogen-bond donors (Lipinski definition) is 1. The van der Waals surface area contributed by atoms with E-state index in [2.05, 4.69) is 20.1 Å². The molecule has 1 N–H and O–H groups in total. The van der Waals surface area contributed by atoms with Crippen molar-refractivity contribution in [2.24, 2.45) is 0 Å². The molecule has 0 saturated heterocycles. The number of hydrogen-bond acceptors (Lipinski definition) is 5. The Kier molecular flexibility index (Phi) is 5.38. The summed E-state index contributed by atoms with van der Waals surface area (Å²) in [5.74, 6) is -0.766. The van der Waals surface area contributed by atoms with Gasteiger partial charge >= 0.3 is 5.97 Å². The minimum atomic E-state index is -0.483.